The van der Waals surface area contributed by atoms with Gasteiger partial charge in [0.1, 0.15) is 5.82 Å². The van der Waals surface area contributed by atoms with Gasteiger partial charge < -0.3 is 9.80 Å². The van der Waals surface area contributed by atoms with Crippen molar-refractivity contribution in [2.45, 2.75) is 38.5 Å². The first kappa shape index (κ1) is 18.4. The molecule has 26 heavy (non-hydrogen) atoms. The Balaban J connectivity index is 1.64. The lowest BCUT2D eigenvalue weighted by Crippen LogP contribution is -2.40. The van der Waals surface area contributed by atoms with Crippen LogP contribution in [0.4, 0.5) is 4.39 Å². The van der Waals surface area contributed by atoms with Crippen LogP contribution in [0, 0.1) is 23.1 Å². The van der Waals surface area contributed by atoms with Crippen molar-refractivity contribution in [3.63, 3.8) is 0 Å². The fraction of sp³-hybridized carbons (Fsp3) is 0.550. The molecule has 0 radical (unpaired) electrons. The van der Waals surface area contributed by atoms with Crippen molar-refractivity contribution in [1.29, 1.82) is 5.26 Å². The van der Waals surface area contributed by atoms with E-state index in [1.165, 1.54) is 18.6 Å². The quantitative estimate of drug-likeness (QED) is 0.817. The summed E-state index contributed by atoms with van der Waals surface area (Å²) >= 11 is 0. The molecule has 2 amide bonds. The lowest BCUT2D eigenvalue weighted by molar-refractivity contribution is -0.136. The van der Waals surface area contributed by atoms with E-state index in [1.54, 1.807) is 4.90 Å². The third-order valence-corrected chi connectivity index (χ3v) is 5.32. The maximum absolute atomic E-state index is 13.6. The highest BCUT2D eigenvalue weighted by atomic mass is 19.1. The standard InChI is InChI=1S/C20H24FN3O2/c21-18-12-15(14-22)11-17(13-18)20(26)24-8-4-7-23(9-10-24)19(25)16-5-2-1-3-6-16/h11-13,16H,1-10H2. The van der Waals surface area contributed by atoms with Crippen molar-refractivity contribution in [2.24, 2.45) is 5.92 Å². The molecule has 0 unspecified atom stereocenters. The number of nitrogens with zero attached hydrogens (tertiary/aromatic N) is 3. The Labute approximate surface area is 153 Å². The molecule has 0 spiro atoms. The monoisotopic (exact) mass is 357 g/mol. The highest BCUT2D eigenvalue weighted by Gasteiger charge is 2.28. The average Bonchev–Trinajstić information content (AvgIpc) is 2.93. The first-order valence-electron chi connectivity index (χ1n) is 9.37. The van der Waals surface area contributed by atoms with Crippen LogP contribution in [-0.4, -0.2) is 47.8 Å². The van der Waals surface area contributed by atoms with Gasteiger partial charge in [-0.1, -0.05) is 19.3 Å². The summed E-state index contributed by atoms with van der Waals surface area (Å²) in [5.41, 5.74) is 0.325. The molecular weight excluding hydrogens is 333 g/mol. The van der Waals surface area contributed by atoms with Crippen LogP contribution in [0.25, 0.3) is 0 Å². The number of rotatable bonds is 2. The summed E-state index contributed by atoms with van der Waals surface area (Å²) in [4.78, 5) is 29.0. The van der Waals surface area contributed by atoms with E-state index in [0.29, 0.717) is 32.6 Å². The Bertz CT molecular complexity index is 722. The highest BCUT2D eigenvalue weighted by molar-refractivity contribution is 5.94. The summed E-state index contributed by atoms with van der Waals surface area (Å²) in [6.07, 6.45) is 6.11. The molecule has 2 aliphatic rings. The largest absolute Gasteiger partial charge is 0.341 e. The summed E-state index contributed by atoms with van der Waals surface area (Å²) in [6, 6.07) is 5.57. The van der Waals surface area contributed by atoms with Gasteiger partial charge in [-0.05, 0) is 37.5 Å². The Morgan fingerprint density at radius 3 is 2.38 bits per heavy atom. The molecule has 1 aliphatic heterocycles. The van der Waals surface area contributed by atoms with E-state index >= 15 is 0 Å². The van der Waals surface area contributed by atoms with Crippen molar-refractivity contribution in [1.82, 2.24) is 9.80 Å². The highest BCUT2D eigenvalue weighted by Crippen LogP contribution is 2.26. The molecule has 1 saturated carbocycles. The summed E-state index contributed by atoms with van der Waals surface area (Å²) in [5, 5.41) is 8.96. The van der Waals surface area contributed by atoms with Gasteiger partial charge in [0.15, 0.2) is 0 Å². The van der Waals surface area contributed by atoms with Crippen LogP contribution in [0.5, 0.6) is 0 Å². The van der Waals surface area contributed by atoms with Crippen LogP contribution in [0.1, 0.15) is 54.4 Å². The van der Waals surface area contributed by atoms with E-state index in [0.717, 1.165) is 31.7 Å². The maximum atomic E-state index is 13.6. The van der Waals surface area contributed by atoms with Crippen LogP contribution < -0.4 is 0 Å². The van der Waals surface area contributed by atoms with Crippen LogP contribution >= 0.6 is 0 Å². The van der Waals surface area contributed by atoms with E-state index in [4.69, 9.17) is 5.26 Å². The normalized spacial score (nSPS) is 18.9. The Kier molecular flexibility index (Phi) is 5.87. The molecule has 3 rings (SSSR count). The number of carbonyl (C=O) groups is 2. The van der Waals surface area contributed by atoms with Gasteiger partial charge in [0, 0.05) is 37.7 Å². The first-order chi connectivity index (χ1) is 12.6. The molecule has 1 saturated heterocycles. The van der Waals surface area contributed by atoms with Crippen molar-refractivity contribution in [3.05, 3.63) is 35.1 Å². The van der Waals surface area contributed by atoms with Crippen LogP contribution in [0.15, 0.2) is 18.2 Å². The molecule has 1 aromatic rings. The smallest absolute Gasteiger partial charge is 0.254 e. The van der Waals surface area contributed by atoms with Crippen molar-refractivity contribution in [3.8, 4) is 6.07 Å². The number of hydrogen-bond acceptors (Lipinski definition) is 3. The number of amides is 2. The summed E-state index contributed by atoms with van der Waals surface area (Å²) < 4.78 is 13.6. The van der Waals surface area contributed by atoms with Crippen LogP contribution in [-0.2, 0) is 4.79 Å². The van der Waals surface area contributed by atoms with E-state index in [2.05, 4.69) is 0 Å². The van der Waals surface area contributed by atoms with Crippen LogP contribution in [0.3, 0.4) is 0 Å². The van der Waals surface area contributed by atoms with Gasteiger partial charge in [0.05, 0.1) is 11.6 Å². The molecule has 1 aliphatic carbocycles. The second kappa shape index (κ2) is 8.31. The average molecular weight is 357 g/mol. The fourth-order valence-electron chi connectivity index (χ4n) is 3.91. The Hall–Kier alpha value is -2.42. The topological polar surface area (TPSA) is 64.4 Å². The molecule has 0 bridgehead atoms. The zero-order chi connectivity index (χ0) is 18.5. The summed E-state index contributed by atoms with van der Waals surface area (Å²) in [7, 11) is 0. The molecule has 6 heteroatoms. The summed E-state index contributed by atoms with van der Waals surface area (Å²) in [6.45, 7) is 2.15. The van der Waals surface area contributed by atoms with Crippen molar-refractivity contribution < 1.29 is 14.0 Å². The van der Waals surface area contributed by atoms with Crippen molar-refractivity contribution in [2.75, 3.05) is 26.2 Å². The molecule has 5 nitrogen and oxygen atoms in total. The Morgan fingerprint density at radius 1 is 0.962 bits per heavy atom. The van der Waals surface area contributed by atoms with Crippen molar-refractivity contribution >= 4 is 11.8 Å². The zero-order valence-corrected chi connectivity index (χ0v) is 14.9. The fourth-order valence-corrected chi connectivity index (χ4v) is 3.91. The molecule has 0 atom stereocenters. The third kappa shape index (κ3) is 4.21. The molecule has 2 fully saturated rings. The Morgan fingerprint density at radius 2 is 1.65 bits per heavy atom. The number of nitriles is 1. The summed E-state index contributed by atoms with van der Waals surface area (Å²) in [5.74, 6) is -0.520. The predicted molar refractivity (Wildman–Crippen MR) is 94.8 cm³/mol. The number of carbonyl (C=O) groups excluding carboxylic acids is 2. The molecule has 138 valence electrons. The molecule has 1 aromatic carbocycles. The van der Waals surface area contributed by atoms with Gasteiger partial charge in [0.25, 0.3) is 5.91 Å². The number of benzene rings is 1. The molecule has 0 N–H and O–H groups in total. The minimum Gasteiger partial charge on any atom is -0.341 e. The van der Waals surface area contributed by atoms with E-state index < -0.39 is 5.82 Å². The zero-order valence-electron chi connectivity index (χ0n) is 14.9. The number of halogens is 1. The lowest BCUT2D eigenvalue weighted by atomic mass is 9.88. The lowest BCUT2D eigenvalue weighted by Gasteiger charge is -2.28. The minimum absolute atomic E-state index is 0.132. The van der Waals surface area contributed by atoms with Gasteiger partial charge in [-0.15, -0.1) is 0 Å². The van der Waals surface area contributed by atoms with Gasteiger partial charge in [-0.2, -0.15) is 5.26 Å². The SMILES string of the molecule is N#Cc1cc(F)cc(C(=O)N2CCCN(C(=O)C3CCCCC3)CC2)c1. The minimum atomic E-state index is -0.587. The van der Waals surface area contributed by atoms with E-state index in [-0.39, 0.29) is 28.9 Å². The van der Waals surface area contributed by atoms with Gasteiger partial charge in [-0.3, -0.25) is 9.59 Å². The molecule has 0 aromatic heterocycles. The van der Waals surface area contributed by atoms with Crippen LogP contribution in [0.2, 0.25) is 0 Å². The predicted octanol–water partition coefficient (Wildman–Crippen LogP) is 2.95. The second-order valence-electron chi connectivity index (χ2n) is 7.15. The van der Waals surface area contributed by atoms with Gasteiger partial charge >= 0.3 is 0 Å². The first-order valence-corrected chi connectivity index (χ1v) is 9.37. The number of hydrogen-bond donors (Lipinski definition) is 0. The molecule has 1 heterocycles. The van der Waals surface area contributed by atoms with Gasteiger partial charge in [0.2, 0.25) is 5.91 Å². The van der Waals surface area contributed by atoms with Gasteiger partial charge in [-0.25, -0.2) is 4.39 Å². The molecular formula is C20H24FN3O2. The van der Waals surface area contributed by atoms with E-state index in [1.807, 2.05) is 11.0 Å². The maximum Gasteiger partial charge on any atom is 0.254 e. The third-order valence-electron chi connectivity index (χ3n) is 5.32. The van der Waals surface area contributed by atoms with E-state index in [9.17, 15) is 14.0 Å². The second-order valence-corrected chi connectivity index (χ2v) is 7.15.